The van der Waals surface area contributed by atoms with Gasteiger partial charge in [-0.2, -0.15) is 5.10 Å². The van der Waals surface area contributed by atoms with E-state index in [-0.39, 0.29) is 19.0 Å². The van der Waals surface area contributed by atoms with E-state index in [0.29, 0.717) is 31.3 Å². The van der Waals surface area contributed by atoms with Crippen LogP contribution in [0, 0.1) is 24.1 Å². The van der Waals surface area contributed by atoms with Crippen LogP contribution in [-0.4, -0.2) is 52.2 Å². The van der Waals surface area contributed by atoms with Gasteiger partial charge in [0.25, 0.3) is 0 Å². The fraction of sp³-hybridized carbons (Fsp3) is 0.393. The van der Waals surface area contributed by atoms with Crippen molar-refractivity contribution >= 4 is 0 Å². The molecule has 184 valence electrons. The molecule has 1 aromatic heterocycles. The fourth-order valence-electron chi connectivity index (χ4n) is 4.10. The van der Waals surface area contributed by atoms with Gasteiger partial charge in [-0.05, 0) is 49.4 Å². The first kappa shape index (κ1) is 24.9. The van der Waals surface area contributed by atoms with E-state index in [1.165, 1.54) is 18.9 Å². The average molecular weight is 478 g/mol. The van der Waals surface area contributed by atoms with Gasteiger partial charge in [0.2, 0.25) is 5.88 Å². The average Bonchev–Trinajstić information content (AvgIpc) is 3.62. The number of rotatable bonds is 13. The van der Waals surface area contributed by atoms with Crippen LogP contribution in [0.5, 0.6) is 11.6 Å². The standard InChI is InChI=1S/C28H32FN3O3/c1-3-16-34-20-23(33)18-31(17-21-14-15-21)19-24-26(4-2)30-32(22-10-6-5-7-11-22)28(24)35-27-13-9-8-12-25(27)29/h1,5-13,21,23,33H,4,14-20H2,2H3/t23-/m0/s1. The summed E-state index contributed by atoms with van der Waals surface area (Å²) in [5.74, 6) is 3.22. The molecule has 2 aromatic carbocycles. The quantitative estimate of drug-likeness (QED) is 0.288. The smallest absolute Gasteiger partial charge is 0.227 e. The third-order valence-corrected chi connectivity index (χ3v) is 5.96. The molecule has 4 rings (SSSR count). The molecule has 1 atom stereocenters. The lowest BCUT2D eigenvalue weighted by Gasteiger charge is -2.25. The van der Waals surface area contributed by atoms with Gasteiger partial charge in [-0.1, -0.05) is 43.2 Å². The monoisotopic (exact) mass is 477 g/mol. The Hall–Kier alpha value is -3.18. The van der Waals surface area contributed by atoms with Crippen LogP contribution in [0.15, 0.2) is 54.6 Å². The van der Waals surface area contributed by atoms with Gasteiger partial charge in [-0.3, -0.25) is 4.90 Å². The maximum absolute atomic E-state index is 14.6. The van der Waals surface area contributed by atoms with Gasteiger partial charge >= 0.3 is 0 Å². The van der Waals surface area contributed by atoms with E-state index in [1.54, 1.807) is 22.9 Å². The first-order valence-corrected chi connectivity index (χ1v) is 12.1. The van der Waals surface area contributed by atoms with E-state index in [1.807, 2.05) is 37.3 Å². The van der Waals surface area contributed by atoms with Gasteiger partial charge < -0.3 is 14.6 Å². The predicted molar refractivity (Wildman–Crippen MR) is 133 cm³/mol. The summed E-state index contributed by atoms with van der Waals surface area (Å²) in [4.78, 5) is 2.21. The number of benzene rings is 2. The second kappa shape index (κ2) is 12.0. The van der Waals surface area contributed by atoms with Crippen molar-refractivity contribution in [1.82, 2.24) is 14.7 Å². The van der Waals surface area contributed by atoms with Crippen molar-refractivity contribution in [3.63, 3.8) is 0 Å². The summed E-state index contributed by atoms with van der Waals surface area (Å²) in [5, 5.41) is 15.4. The minimum absolute atomic E-state index is 0.143. The molecule has 1 N–H and O–H groups in total. The van der Waals surface area contributed by atoms with Crippen molar-refractivity contribution in [3.8, 4) is 29.7 Å². The Kier molecular flexibility index (Phi) is 8.54. The zero-order valence-corrected chi connectivity index (χ0v) is 20.1. The minimum atomic E-state index is -0.674. The van der Waals surface area contributed by atoms with Gasteiger partial charge in [0.1, 0.15) is 6.61 Å². The van der Waals surface area contributed by atoms with E-state index in [9.17, 15) is 9.50 Å². The van der Waals surface area contributed by atoms with Crippen molar-refractivity contribution < 1.29 is 19.0 Å². The molecule has 0 spiro atoms. The third kappa shape index (κ3) is 6.70. The van der Waals surface area contributed by atoms with Crippen molar-refractivity contribution in [2.45, 2.75) is 38.8 Å². The van der Waals surface area contributed by atoms with E-state index < -0.39 is 11.9 Å². The summed E-state index contributed by atoms with van der Waals surface area (Å²) < 4.78 is 27.9. The first-order chi connectivity index (χ1) is 17.1. The Balaban J connectivity index is 1.67. The molecule has 3 aromatic rings. The third-order valence-electron chi connectivity index (χ3n) is 5.96. The highest BCUT2D eigenvalue weighted by Gasteiger charge is 2.29. The van der Waals surface area contributed by atoms with Crippen LogP contribution >= 0.6 is 0 Å². The van der Waals surface area contributed by atoms with Gasteiger partial charge in [0.15, 0.2) is 11.6 Å². The molecule has 35 heavy (non-hydrogen) atoms. The first-order valence-electron chi connectivity index (χ1n) is 12.1. The lowest BCUT2D eigenvalue weighted by molar-refractivity contribution is 0.0249. The molecule has 7 heteroatoms. The Labute approximate surface area is 206 Å². The number of halogens is 1. The summed E-state index contributed by atoms with van der Waals surface area (Å²) in [6.07, 6.45) is 7.63. The lowest BCUT2D eigenvalue weighted by atomic mass is 10.1. The summed E-state index contributed by atoms with van der Waals surface area (Å²) in [7, 11) is 0. The zero-order chi connectivity index (χ0) is 24.6. The molecule has 0 bridgehead atoms. The summed E-state index contributed by atoms with van der Waals surface area (Å²) in [6, 6.07) is 16.1. The highest BCUT2D eigenvalue weighted by atomic mass is 19.1. The second-order valence-electron chi connectivity index (χ2n) is 8.87. The van der Waals surface area contributed by atoms with E-state index >= 15 is 0 Å². The number of aryl methyl sites for hydroxylation is 1. The van der Waals surface area contributed by atoms with Gasteiger partial charge in [-0.15, -0.1) is 6.42 Å². The molecule has 0 aliphatic heterocycles. The van der Waals surface area contributed by atoms with Crippen LogP contribution in [0.25, 0.3) is 5.69 Å². The highest BCUT2D eigenvalue weighted by Crippen LogP contribution is 2.35. The van der Waals surface area contributed by atoms with Gasteiger partial charge in [0, 0.05) is 19.6 Å². The molecule has 0 amide bonds. The summed E-state index contributed by atoms with van der Waals surface area (Å²) in [6.45, 7) is 4.19. The number of aliphatic hydroxyl groups is 1. The number of hydrogen-bond acceptors (Lipinski definition) is 5. The van der Waals surface area contributed by atoms with Crippen LogP contribution in [-0.2, 0) is 17.7 Å². The number of ether oxygens (including phenoxy) is 2. The lowest BCUT2D eigenvalue weighted by Crippen LogP contribution is -2.36. The Bertz CT molecular complexity index is 1140. The molecule has 0 radical (unpaired) electrons. The molecule has 1 fully saturated rings. The van der Waals surface area contributed by atoms with Crippen molar-refractivity contribution in [2.24, 2.45) is 5.92 Å². The minimum Gasteiger partial charge on any atom is -0.435 e. The summed E-state index contributed by atoms with van der Waals surface area (Å²) >= 11 is 0. The molecule has 0 saturated heterocycles. The van der Waals surface area contributed by atoms with Crippen LogP contribution < -0.4 is 4.74 Å². The van der Waals surface area contributed by atoms with E-state index in [4.69, 9.17) is 21.0 Å². The SMILES string of the molecule is C#CCOC[C@@H](O)CN(Cc1c(CC)nn(-c2ccccc2)c1Oc1ccccc1F)CC1CC1. The van der Waals surface area contributed by atoms with E-state index in [0.717, 1.165) is 23.5 Å². The van der Waals surface area contributed by atoms with E-state index in [2.05, 4.69) is 10.8 Å². The van der Waals surface area contributed by atoms with Gasteiger partial charge in [-0.25, -0.2) is 9.07 Å². The molecule has 1 aliphatic rings. The van der Waals surface area contributed by atoms with Gasteiger partial charge in [0.05, 0.1) is 29.7 Å². The molecular formula is C28H32FN3O3. The molecule has 6 nitrogen and oxygen atoms in total. The maximum Gasteiger partial charge on any atom is 0.227 e. The van der Waals surface area contributed by atoms with Crippen molar-refractivity contribution in [1.29, 1.82) is 0 Å². The number of nitrogens with zero attached hydrogens (tertiary/aromatic N) is 3. The molecular weight excluding hydrogens is 445 g/mol. The summed E-state index contributed by atoms with van der Waals surface area (Å²) in [5.41, 5.74) is 2.59. The van der Waals surface area contributed by atoms with Crippen LogP contribution in [0.1, 0.15) is 31.0 Å². The Morgan fingerprint density at radius 1 is 1.20 bits per heavy atom. The van der Waals surface area contributed by atoms with Crippen LogP contribution in [0.3, 0.4) is 0 Å². The number of aromatic nitrogens is 2. The number of hydrogen-bond donors (Lipinski definition) is 1. The number of terminal acetylenes is 1. The predicted octanol–water partition coefficient (Wildman–Crippen LogP) is 4.59. The number of para-hydroxylation sites is 2. The van der Waals surface area contributed by atoms with Crippen molar-refractivity contribution in [3.05, 3.63) is 71.7 Å². The maximum atomic E-state index is 14.6. The van der Waals surface area contributed by atoms with Crippen LogP contribution in [0.4, 0.5) is 4.39 Å². The molecule has 1 heterocycles. The molecule has 1 aliphatic carbocycles. The normalized spacial score (nSPS) is 14.1. The fourth-order valence-corrected chi connectivity index (χ4v) is 4.10. The Morgan fingerprint density at radius 2 is 1.94 bits per heavy atom. The number of aliphatic hydroxyl groups excluding tert-OH is 1. The molecule has 0 unspecified atom stereocenters. The second-order valence-corrected chi connectivity index (χ2v) is 8.87. The van der Waals surface area contributed by atoms with Crippen molar-refractivity contribution in [2.75, 3.05) is 26.3 Å². The highest BCUT2D eigenvalue weighted by molar-refractivity contribution is 5.44. The van der Waals surface area contributed by atoms with Crippen LogP contribution in [0.2, 0.25) is 0 Å². The largest absolute Gasteiger partial charge is 0.435 e. The topological polar surface area (TPSA) is 59.8 Å². The Morgan fingerprint density at radius 3 is 2.63 bits per heavy atom. The zero-order valence-electron chi connectivity index (χ0n) is 20.1. The molecule has 1 saturated carbocycles.